The summed E-state index contributed by atoms with van der Waals surface area (Å²) in [5, 5.41) is 0. The van der Waals surface area contributed by atoms with Crippen LogP contribution in [0, 0.1) is 5.92 Å². The molecule has 0 bridgehead atoms. The maximum Gasteiger partial charge on any atom is 0.225 e. The fourth-order valence-electron chi connectivity index (χ4n) is 2.83. The van der Waals surface area contributed by atoms with Crippen molar-refractivity contribution in [3.63, 3.8) is 0 Å². The minimum Gasteiger partial charge on any atom is -0.341 e. The lowest BCUT2D eigenvalue weighted by molar-refractivity contribution is 0.434. The predicted molar refractivity (Wildman–Crippen MR) is 90.7 cm³/mol. The monoisotopic (exact) mass is 296 g/mol. The number of nitrogens with zero attached hydrogens (tertiary/aromatic N) is 3. The normalized spacial score (nSPS) is 17.5. The third-order valence-electron chi connectivity index (χ3n) is 4.44. The van der Waals surface area contributed by atoms with E-state index in [2.05, 4.69) is 41.1 Å². The summed E-state index contributed by atoms with van der Waals surface area (Å²) in [6, 6.07) is 10.4. The molecule has 1 aromatic carbocycles. The summed E-state index contributed by atoms with van der Waals surface area (Å²) in [6.07, 6.45) is 4.29. The maximum atomic E-state index is 5.90. The quantitative estimate of drug-likeness (QED) is 0.943. The highest BCUT2D eigenvalue weighted by molar-refractivity contribution is 5.60. The van der Waals surface area contributed by atoms with Crippen LogP contribution in [0.1, 0.15) is 38.3 Å². The third-order valence-corrected chi connectivity index (χ3v) is 4.44. The van der Waals surface area contributed by atoms with Crippen LogP contribution in [-0.4, -0.2) is 23.1 Å². The summed E-state index contributed by atoms with van der Waals surface area (Å²) in [5.74, 6) is 1.66. The molecule has 0 spiro atoms. The van der Waals surface area contributed by atoms with Crippen LogP contribution < -0.4 is 10.6 Å². The van der Waals surface area contributed by atoms with E-state index in [0.29, 0.717) is 0 Å². The largest absolute Gasteiger partial charge is 0.341 e. The van der Waals surface area contributed by atoms with Crippen molar-refractivity contribution in [2.75, 3.05) is 18.0 Å². The van der Waals surface area contributed by atoms with Gasteiger partial charge in [0.2, 0.25) is 5.95 Å². The summed E-state index contributed by atoms with van der Waals surface area (Å²) in [7, 11) is 0. The molecule has 1 unspecified atom stereocenters. The molecule has 2 heterocycles. The molecule has 1 aliphatic heterocycles. The zero-order chi connectivity index (χ0) is 15.5. The third kappa shape index (κ3) is 3.28. The Labute approximate surface area is 132 Å². The van der Waals surface area contributed by atoms with Gasteiger partial charge in [0.25, 0.3) is 0 Å². The Hall–Kier alpha value is -1.94. The van der Waals surface area contributed by atoms with E-state index in [9.17, 15) is 0 Å². The van der Waals surface area contributed by atoms with Gasteiger partial charge in [0.1, 0.15) is 0 Å². The second-order valence-corrected chi connectivity index (χ2v) is 6.32. The van der Waals surface area contributed by atoms with Gasteiger partial charge in [0.05, 0.1) is 5.69 Å². The molecular formula is C18H24N4. The molecule has 2 N–H and O–H groups in total. The van der Waals surface area contributed by atoms with Gasteiger partial charge < -0.3 is 10.6 Å². The molecule has 0 saturated carbocycles. The molecule has 116 valence electrons. The van der Waals surface area contributed by atoms with Crippen molar-refractivity contribution in [2.24, 2.45) is 11.7 Å². The summed E-state index contributed by atoms with van der Waals surface area (Å²) in [6.45, 7) is 6.41. The molecule has 1 atom stereocenters. The summed E-state index contributed by atoms with van der Waals surface area (Å²) >= 11 is 0. The zero-order valence-corrected chi connectivity index (χ0v) is 13.4. The van der Waals surface area contributed by atoms with E-state index in [-0.39, 0.29) is 6.04 Å². The topological polar surface area (TPSA) is 55.0 Å². The summed E-state index contributed by atoms with van der Waals surface area (Å²) < 4.78 is 0. The predicted octanol–water partition coefficient (Wildman–Crippen LogP) is 3.40. The lowest BCUT2D eigenvalue weighted by atomic mass is 10.00. The van der Waals surface area contributed by atoms with Crippen molar-refractivity contribution >= 4 is 5.95 Å². The Kier molecular flexibility index (Phi) is 4.39. The van der Waals surface area contributed by atoms with E-state index in [4.69, 9.17) is 10.7 Å². The van der Waals surface area contributed by atoms with Crippen LogP contribution in [0.3, 0.4) is 0 Å². The number of hydrogen-bond acceptors (Lipinski definition) is 4. The van der Waals surface area contributed by atoms with Crippen molar-refractivity contribution in [3.8, 4) is 11.3 Å². The average molecular weight is 296 g/mol. The van der Waals surface area contributed by atoms with Gasteiger partial charge in [0.15, 0.2) is 0 Å². The van der Waals surface area contributed by atoms with E-state index >= 15 is 0 Å². The first-order valence-corrected chi connectivity index (χ1v) is 8.07. The number of anilines is 1. The smallest absolute Gasteiger partial charge is 0.225 e. The molecule has 4 heteroatoms. The van der Waals surface area contributed by atoms with Gasteiger partial charge >= 0.3 is 0 Å². The molecule has 3 rings (SSSR count). The molecule has 1 fully saturated rings. The lowest BCUT2D eigenvalue weighted by Gasteiger charge is -2.30. The van der Waals surface area contributed by atoms with Gasteiger partial charge in [-0.05, 0) is 37.3 Å². The van der Waals surface area contributed by atoms with Crippen molar-refractivity contribution in [3.05, 3.63) is 42.1 Å². The highest BCUT2D eigenvalue weighted by Gasteiger charge is 2.18. The Morgan fingerprint density at radius 2 is 1.82 bits per heavy atom. The molecule has 2 aromatic rings. The highest BCUT2D eigenvalue weighted by Crippen LogP contribution is 2.24. The molecule has 4 nitrogen and oxygen atoms in total. The minimum absolute atomic E-state index is 0.0605. The van der Waals surface area contributed by atoms with Gasteiger partial charge in [-0.15, -0.1) is 0 Å². The van der Waals surface area contributed by atoms with E-state index < -0.39 is 0 Å². The second kappa shape index (κ2) is 6.44. The zero-order valence-electron chi connectivity index (χ0n) is 13.4. The molecule has 1 aromatic heterocycles. The summed E-state index contributed by atoms with van der Waals surface area (Å²) in [4.78, 5) is 11.5. The van der Waals surface area contributed by atoms with Crippen molar-refractivity contribution in [2.45, 2.75) is 32.7 Å². The van der Waals surface area contributed by atoms with Crippen LogP contribution in [0.5, 0.6) is 0 Å². The Balaban J connectivity index is 1.81. The SMILES string of the molecule is CC1CCN(c2nccc(-c3ccc(C(C)N)cc3)n2)CC1. The lowest BCUT2D eigenvalue weighted by Crippen LogP contribution is -2.34. The van der Waals surface area contributed by atoms with E-state index in [1.807, 2.05) is 19.2 Å². The van der Waals surface area contributed by atoms with Crippen LogP contribution in [0.25, 0.3) is 11.3 Å². The highest BCUT2D eigenvalue weighted by atomic mass is 15.2. The van der Waals surface area contributed by atoms with Crippen molar-refractivity contribution in [1.29, 1.82) is 0 Å². The number of piperidine rings is 1. The van der Waals surface area contributed by atoms with Gasteiger partial charge in [-0.25, -0.2) is 9.97 Å². The van der Waals surface area contributed by atoms with E-state index in [0.717, 1.165) is 41.8 Å². The molecule has 0 amide bonds. The Morgan fingerprint density at radius 3 is 2.45 bits per heavy atom. The van der Waals surface area contributed by atoms with Crippen LogP contribution in [-0.2, 0) is 0 Å². The van der Waals surface area contributed by atoms with Gasteiger partial charge in [-0.3, -0.25) is 0 Å². The van der Waals surface area contributed by atoms with Gasteiger partial charge in [0, 0.05) is 30.9 Å². The standard InChI is InChI=1S/C18H24N4/c1-13-8-11-22(12-9-13)18-20-10-7-17(21-18)16-5-3-15(4-6-16)14(2)19/h3-7,10,13-14H,8-9,11-12,19H2,1-2H3. The van der Waals surface area contributed by atoms with Crippen LogP contribution in [0.15, 0.2) is 36.5 Å². The minimum atomic E-state index is 0.0605. The van der Waals surface area contributed by atoms with E-state index in [1.54, 1.807) is 0 Å². The van der Waals surface area contributed by atoms with Gasteiger partial charge in [-0.1, -0.05) is 31.2 Å². The molecule has 1 aliphatic rings. The molecule has 1 saturated heterocycles. The fourth-order valence-corrected chi connectivity index (χ4v) is 2.83. The van der Waals surface area contributed by atoms with Crippen LogP contribution >= 0.6 is 0 Å². The Bertz CT molecular complexity index is 613. The van der Waals surface area contributed by atoms with E-state index in [1.165, 1.54) is 12.8 Å². The molecule has 22 heavy (non-hydrogen) atoms. The molecule has 0 aliphatic carbocycles. The number of benzene rings is 1. The van der Waals surface area contributed by atoms with Crippen LogP contribution in [0.4, 0.5) is 5.95 Å². The average Bonchev–Trinajstić information content (AvgIpc) is 2.56. The first-order chi connectivity index (χ1) is 10.6. The fraction of sp³-hybridized carbons (Fsp3) is 0.444. The second-order valence-electron chi connectivity index (χ2n) is 6.32. The number of nitrogens with two attached hydrogens (primary N) is 1. The Morgan fingerprint density at radius 1 is 1.14 bits per heavy atom. The number of rotatable bonds is 3. The number of hydrogen-bond donors (Lipinski definition) is 1. The number of aromatic nitrogens is 2. The van der Waals surface area contributed by atoms with Crippen molar-refractivity contribution in [1.82, 2.24) is 9.97 Å². The van der Waals surface area contributed by atoms with Crippen LogP contribution in [0.2, 0.25) is 0 Å². The summed E-state index contributed by atoms with van der Waals surface area (Å²) in [5.41, 5.74) is 9.13. The van der Waals surface area contributed by atoms with Gasteiger partial charge in [-0.2, -0.15) is 0 Å². The maximum absolute atomic E-state index is 5.90. The molecule has 0 radical (unpaired) electrons. The first-order valence-electron chi connectivity index (χ1n) is 8.07. The first kappa shape index (κ1) is 15.0. The molecular weight excluding hydrogens is 272 g/mol. The van der Waals surface area contributed by atoms with Crippen molar-refractivity contribution < 1.29 is 0 Å².